The molecule has 10 aromatic carbocycles. The molecule has 0 saturated heterocycles. The molecule has 1 heteroatoms. The van der Waals surface area contributed by atoms with E-state index in [0.717, 1.165) is 17.1 Å². The minimum absolute atomic E-state index is 1.11. The van der Waals surface area contributed by atoms with E-state index in [-0.39, 0.29) is 0 Å². The minimum atomic E-state index is 1.11. The van der Waals surface area contributed by atoms with Gasteiger partial charge in [0, 0.05) is 16.8 Å². The molecule has 0 aliphatic rings. The molecular formula is C50H33N. The third-order valence-corrected chi connectivity index (χ3v) is 10.4. The molecule has 0 aliphatic heterocycles. The fraction of sp³-hybridized carbons (Fsp3) is 0. The summed E-state index contributed by atoms with van der Waals surface area (Å²) in [4.78, 5) is 2.42. The van der Waals surface area contributed by atoms with Gasteiger partial charge in [0.2, 0.25) is 0 Å². The summed E-state index contributed by atoms with van der Waals surface area (Å²) in [5.74, 6) is 0. The van der Waals surface area contributed by atoms with Gasteiger partial charge in [0.15, 0.2) is 0 Å². The van der Waals surface area contributed by atoms with Gasteiger partial charge in [-0.2, -0.15) is 0 Å². The van der Waals surface area contributed by atoms with E-state index in [9.17, 15) is 0 Å². The Morgan fingerprint density at radius 1 is 0.255 bits per heavy atom. The third kappa shape index (κ3) is 5.02. The number of fused-ring (bicyclic) bond motifs is 7. The number of nitrogens with zero attached hydrogens (tertiary/aromatic N) is 1. The molecule has 0 aliphatic carbocycles. The first-order valence-electron chi connectivity index (χ1n) is 17.6. The standard InChI is InChI=1S/C50H33N/c1-4-14-43-35(10-1)13-9-19-44(43)37-26-30-42(31-27-37)51(50-33-40-12-3-6-16-46(40)47-17-7-8-18-48(47)50)41-28-24-34(25-29-41)39-23-22-38-21-20-36-11-2-5-15-45(36)49(38)32-39/h1-33H. The van der Waals surface area contributed by atoms with E-state index in [4.69, 9.17) is 0 Å². The number of benzene rings is 10. The number of hydrogen-bond donors (Lipinski definition) is 0. The van der Waals surface area contributed by atoms with Crippen molar-refractivity contribution < 1.29 is 0 Å². The SMILES string of the molecule is c1ccc2c(-c3ccc(N(c4ccc(-c5ccc6ccc7ccccc7c6c5)cc4)c4cc5ccccc5c5ccccc45)cc3)cccc2c1. The van der Waals surface area contributed by atoms with E-state index in [1.54, 1.807) is 0 Å². The van der Waals surface area contributed by atoms with Crippen molar-refractivity contribution in [2.45, 2.75) is 0 Å². The van der Waals surface area contributed by atoms with Crippen molar-refractivity contribution in [2.75, 3.05) is 4.90 Å². The van der Waals surface area contributed by atoms with Gasteiger partial charge in [-0.1, -0.05) is 164 Å². The molecule has 0 fully saturated rings. The molecule has 0 aromatic heterocycles. The second-order valence-corrected chi connectivity index (χ2v) is 13.3. The molecule has 0 unspecified atom stereocenters. The molecular weight excluding hydrogens is 615 g/mol. The molecule has 0 N–H and O–H groups in total. The highest BCUT2D eigenvalue weighted by atomic mass is 15.1. The van der Waals surface area contributed by atoms with Crippen molar-refractivity contribution in [2.24, 2.45) is 0 Å². The van der Waals surface area contributed by atoms with Gasteiger partial charge in [-0.15, -0.1) is 0 Å². The molecule has 1 nitrogen and oxygen atoms in total. The molecule has 10 aromatic rings. The van der Waals surface area contributed by atoms with Crippen LogP contribution in [0.3, 0.4) is 0 Å². The number of hydrogen-bond acceptors (Lipinski definition) is 1. The predicted octanol–water partition coefficient (Wildman–Crippen LogP) is 14.3. The van der Waals surface area contributed by atoms with Crippen LogP contribution in [0.5, 0.6) is 0 Å². The summed E-state index contributed by atoms with van der Waals surface area (Å²) in [6.45, 7) is 0. The third-order valence-electron chi connectivity index (χ3n) is 10.4. The van der Waals surface area contributed by atoms with E-state index in [1.165, 1.54) is 76.1 Å². The van der Waals surface area contributed by atoms with E-state index < -0.39 is 0 Å². The highest BCUT2D eigenvalue weighted by Gasteiger charge is 2.18. The maximum Gasteiger partial charge on any atom is 0.0546 e. The van der Waals surface area contributed by atoms with Crippen LogP contribution >= 0.6 is 0 Å². The van der Waals surface area contributed by atoms with Crippen LogP contribution in [-0.2, 0) is 0 Å². The van der Waals surface area contributed by atoms with Crippen LogP contribution in [0.2, 0.25) is 0 Å². The van der Waals surface area contributed by atoms with Gasteiger partial charge in [0.25, 0.3) is 0 Å². The minimum Gasteiger partial charge on any atom is -0.310 e. The van der Waals surface area contributed by atoms with Gasteiger partial charge >= 0.3 is 0 Å². The molecule has 0 heterocycles. The lowest BCUT2D eigenvalue weighted by molar-refractivity contribution is 1.30. The second-order valence-electron chi connectivity index (χ2n) is 13.3. The lowest BCUT2D eigenvalue weighted by atomic mass is 9.96. The Bertz CT molecular complexity index is 2900. The maximum atomic E-state index is 2.42. The quantitative estimate of drug-likeness (QED) is 0.168. The molecule has 0 saturated carbocycles. The Labute approximate surface area is 297 Å². The van der Waals surface area contributed by atoms with E-state index in [1.807, 2.05) is 0 Å². The molecule has 0 bridgehead atoms. The Kier molecular flexibility index (Phi) is 6.89. The van der Waals surface area contributed by atoms with Crippen molar-refractivity contribution in [1.29, 1.82) is 0 Å². The van der Waals surface area contributed by atoms with Crippen LogP contribution in [0.15, 0.2) is 200 Å². The van der Waals surface area contributed by atoms with Gasteiger partial charge in [0.1, 0.15) is 0 Å². The Balaban J connectivity index is 1.12. The van der Waals surface area contributed by atoms with Gasteiger partial charge in [-0.05, 0) is 107 Å². The lowest BCUT2D eigenvalue weighted by Crippen LogP contribution is -2.10. The fourth-order valence-electron chi connectivity index (χ4n) is 7.90. The molecule has 0 radical (unpaired) electrons. The lowest BCUT2D eigenvalue weighted by Gasteiger charge is -2.28. The smallest absolute Gasteiger partial charge is 0.0546 e. The summed E-state index contributed by atoms with van der Waals surface area (Å²) in [7, 11) is 0. The van der Waals surface area contributed by atoms with Crippen molar-refractivity contribution in [1.82, 2.24) is 0 Å². The van der Waals surface area contributed by atoms with E-state index in [2.05, 4.69) is 205 Å². The molecule has 0 amide bonds. The monoisotopic (exact) mass is 647 g/mol. The molecule has 0 spiro atoms. The summed E-state index contributed by atoms with van der Waals surface area (Å²) in [6.07, 6.45) is 0. The highest BCUT2D eigenvalue weighted by molar-refractivity contribution is 6.15. The van der Waals surface area contributed by atoms with Crippen LogP contribution in [0.25, 0.3) is 76.1 Å². The van der Waals surface area contributed by atoms with Crippen molar-refractivity contribution in [3.05, 3.63) is 200 Å². The van der Waals surface area contributed by atoms with Crippen LogP contribution in [0.1, 0.15) is 0 Å². The zero-order valence-corrected chi connectivity index (χ0v) is 28.0. The molecule has 0 atom stereocenters. The fourth-order valence-corrected chi connectivity index (χ4v) is 7.90. The average Bonchev–Trinajstić information content (AvgIpc) is 3.21. The zero-order chi connectivity index (χ0) is 33.7. The first-order chi connectivity index (χ1) is 25.3. The number of rotatable bonds is 5. The van der Waals surface area contributed by atoms with Crippen LogP contribution in [-0.4, -0.2) is 0 Å². The Morgan fingerprint density at radius 3 is 1.43 bits per heavy atom. The average molecular weight is 648 g/mol. The van der Waals surface area contributed by atoms with Gasteiger partial charge < -0.3 is 4.90 Å². The summed E-state index contributed by atoms with van der Waals surface area (Å²) >= 11 is 0. The Morgan fingerprint density at radius 2 is 0.725 bits per heavy atom. The van der Waals surface area contributed by atoms with Gasteiger partial charge in [0.05, 0.1) is 5.69 Å². The normalized spacial score (nSPS) is 11.5. The first-order valence-corrected chi connectivity index (χ1v) is 17.6. The summed E-state index contributed by atoms with van der Waals surface area (Å²) in [6, 6.07) is 73.1. The van der Waals surface area contributed by atoms with Crippen molar-refractivity contribution in [3.63, 3.8) is 0 Å². The largest absolute Gasteiger partial charge is 0.310 e. The topological polar surface area (TPSA) is 3.24 Å². The summed E-state index contributed by atoms with van der Waals surface area (Å²) in [5, 5.41) is 12.6. The second kappa shape index (κ2) is 12.0. The van der Waals surface area contributed by atoms with Gasteiger partial charge in [-0.25, -0.2) is 0 Å². The highest BCUT2D eigenvalue weighted by Crippen LogP contribution is 2.43. The molecule has 51 heavy (non-hydrogen) atoms. The van der Waals surface area contributed by atoms with Crippen molar-refractivity contribution in [3.8, 4) is 22.3 Å². The van der Waals surface area contributed by atoms with Crippen LogP contribution in [0.4, 0.5) is 17.1 Å². The van der Waals surface area contributed by atoms with Crippen LogP contribution < -0.4 is 4.90 Å². The molecule has 238 valence electrons. The zero-order valence-electron chi connectivity index (χ0n) is 28.0. The van der Waals surface area contributed by atoms with E-state index in [0.29, 0.717) is 0 Å². The number of anilines is 3. The van der Waals surface area contributed by atoms with Gasteiger partial charge in [-0.3, -0.25) is 0 Å². The Hall–Kier alpha value is -6.70. The first kappa shape index (κ1) is 29.2. The maximum absolute atomic E-state index is 2.42. The predicted molar refractivity (Wildman–Crippen MR) is 220 cm³/mol. The van der Waals surface area contributed by atoms with E-state index >= 15 is 0 Å². The summed E-state index contributed by atoms with van der Waals surface area (Å²) < 4.78 is 0. The van der Waals surface area contributed by atoms with Crippen LogP contribution in [0, 0.1) is 0 Å². The van der Waals surface area contributed by atoms with Crippen molar-refractivity contribution >= 4 is 70.9 Å². The summed E-state index contributed by atoms with van der Waals surface area (Å²) in [5.41, 5.74) is 8.25. The molecule has 10 rings (SSSR count).